The van der Waals surface area contributed by atoms with E-state index in [0.717, 1.165) is 55.4 Å². The third-order valence-electron chi connectivity index (χ3n) is 6.39. The molecule has 3 rings (SSSR count). The fourth-order valence-corrected chi connectivity index (χ4v) is 4.30. The predicted octanol–water partition coefficient (Wildman–Crippen LogP) is 4.51. The van der Waals surface area contributed by atoms with Gasteiger partial charge >= 0.3 is 0 Å². The minimum atomic E-state index is 0. The normalized spacial score (nSPS) is 18.3. The monoisotopic (exact) mass is 531 g/mol. The summed E-state index contributed by atoms with van der Waals surface area (Å²) in [5.41, 5.74) is 1.51. The number of guanidine groups is 1. The molecule has 0 aliphatic heterocycles. The Morgan fingerprint density at radius 3 is 2.47 bits per heavy atom. The third-order valence-corrected chi connectivity index (χ3v) is 6.39. The SMILES string of the molecule is CN=C(NCc1ccc(OC)c(OC2CCCC2)c1)NCC1(CCOC)CCC1.I. The number of nitrogens with zero attached hydrogens (tertiary/aromatic N) is 1. The van der Waals surface area contributed by atoms with Gasteiger partial charge in [0.1, 0.15) is 0 Å². The van der Waals surface area contributed by atoms with Crippen LogP contribution in [-0.2, 0) is 11.3 Å². The lowest BCUT2D eigenvalue weighted by Crippen LogP contribution is -2.46. The minimum Gasteiger partial charge on any atom is -0.493 e. The molecular weight excluding hydrogens is 493 g/mol. The molecule has 2 fully saturated rings. The van der Waals surface area contributed by atoms with Crippen LogP contribution in [0.25, 0.3) is 0 Å². The van der Waals surface area contributed by atoms with Crippen molar-refractivity contribution in [1.29, 1.82) is 0 Å². The summed E-state index contributed by atoms with van der Waals surface area (Å²) in [5.74, 6) is 2.48. The molecule has 0 amide bonds. The zero-order valence-corrected chi connectivity index (χ0v) is 21.0. The van der Waals surface area contributed by atoms with E-state index in [0.29, 0.717) is 18.1 Å². The van der Waals surface area contributed by atoms with Gasteiger partial charge in [0.05, 0.1) is 13.2 Å². The van der Waals surface area contributed by atoms with Crippen LogP contribution in [0.4, 0.5) is 0 Å². The van der Waals surface area contributed by atoms with Crippen molar-refractivity contribution >= 4 is 29.9 Å². The molecule has 7 heteroatoms. The van der Waals surface area contributed by atoms with Crippen molar-refractivity contribution in [3.8, 4) is 11.5 Å². The van der Waals surface area contributed by atoms with Gasteiger partial charge in [-0.15, -0.1) is 24.0 Å². The second-order valence-corrected chi connectivity index (χ2v) is 8.39. The molecule has 1 aromatic rings. The maximum Gasteiger partial charge on any atom is 0.191 e. The highest BCUT2D eigenvalue weighted by molar-refractivity contribution is 14.0. The van der Waals surface area contributed by atoms with Crippen LogP contribution in [0.1, 0.15) is 56.9 Å². The highest BCUT2D eigenvalue weighted by Crippen LogP contribution is 2.43. The number of methoxy groups -OCH3 is 2. The first-order chi connectivity index (χ1) is 14.2. The van der Waals surface area contributed by atoms with Crippen LogP contribution in [0.3, 0.4) is 0 Å². The van der Waals surface area contributed by atoms with Crippen LogP contribution < -0.4 is 20.1 Å². The summed E-state index contributed by atoms with van der Waals surface area (Å²) < 4.78 is 17.0. The molecule has 30 heavy (non-hydrogen) atoms. The molecule has 2 N–H and O–H groups in total. The number of hydrogen-bond donors (Lipinski definition) is 2. The fourth-order valence-electron chi connectivity index (χ4n) is 4.30. The highest BCUT2D eigenvalue weighted by Gasteiger charge is 2.36. The van der Waals surface area contributed by atoms with Crippen molar-refractivity contribution in [3.63, 3.8) is 0 Å². The maximum atomic E-state index is 6.21. The summed E-state index contributed by atoms with van der Waals surface area (Å²) in [4.78, 5) is 4.39. The van der Waals surface area contributed by atoms with Gasteiger partial charge in [-0.2, -0.15) is 0 Å². The molecule has 0 heterocycles. The van der Waals surface area contributed by atoms with Gasteiger partial charge in [-0.3, -0.25) is 4.99 Å². The average Bonchev–Trinajstić information content (AvgIpc) is 3.22. The van der Waals surface area contributed by atoms with E-state index < -0.39 is 0 Å². The Bertz CT molecular complexity index is 674. The number of rotatable bonds is 10. The maximum absolute atomic E-state index is 6.21. The van der Waals surface area contributed by atoms with E-state index in [2.05, 4.69) is 27.8 Å². The lowest BCUT2D eigenvalue weighted by atomic mass is 9.67. The Morgan fingerprint density at radius 1 is 1.10 bits per heavy atom. The quantitative estimate of drug-likeness (QED) is 0.265. The van der Waals surface area contributed by atoms with Gasteiger partial charge in [-0.05, 0) is 68.1 Å². The van der Waals surface area contributed by atoms with Crippen molar-refractivity contribution in [3.05, 3.63) is 23.8 Å². The number of benzene rings is 1. The van der Waals surface area contributed by atoms with Gasteiger partial charge in [0, 0.05) is 33.9 Å². The van der Waals surface area contributed by atoms with Crippen LogP contribution in [0.5, 0.6) is 11.5 Å². The smallest absolute Gasteiger partial charge is 0.191 e. The molecule has 6 nitrogen and oxygen atoms in total. The first-order valence-electron chi connectivity index (χ1n) is 10.9. The first-order valence-corrected chi connectivity index (χ1v) is 10.9. The topological polar surface area (TPSA) is 64.1 Å². The van der Waals surface area contributed by atoms with Crippen LogP contribution in [-0.4, -0.2) is 46.5 Å². The Morgan fingerprint density at radius 2 is 1.87 bits per heavy atom. The fraction of sp³-hybridized carbons (Fsp3) is 0.696. The van der Waals surface area contributed by atoms with Crippen molar-refractivity contribution in [2.45, 2.75) is 64.0 Å². The second kappa shape index (κ2) is 12.6. The van der Waals surface area contributed by atoms with Gasteiger partial charge in [-0.25, -0.2) is 0 Å². The van der Waals surface area contributed by atoms with Crippen LogP contribution in [0.15, 0.2) is 23.2 Å². The highest BCUT2D eigenvalue weighted by atomic mass is 127. The first kappa shape index (κ1) is 25.0. The summed E-state index contributed by atoms with van der Waals surface area (Å²) in [6.07, 6.45) is 10.0. The Kier molecular flexibility index (Phi) is 10.5. The molecule has 0 radical (unpaired) electrons. The van der Waals surface area contributed by atoms with Gasteiger partial charge in [0.2, 0.25) is 0 Å². The van der Waals surface area contributed by atoms with Crippen LogP contribution in [0, 0.1) is 5.41 Å². The number of hydrogen-bond acceptors (Lipinski definition) is 4. The summed E-state index contributed by atoms with van der Waals surface area (Å²) in [6.45, 7) is 2.45. The van der Waals surface area contributed by atoms with E-state index in [4.69, 9.17) is 14.2 Å². The van der Waals surface area contributed by atoms with Crippen molar-refractivity contribution in [2.24, 2.45) is 10.4 Å². The van der Waals surface area contributed by atoms with Gasteiger partial charge in [0.15, 0.2) is 17.5 Å². The molecule has 2 saturated carbocycles. The number of aliphatic imine (C=N–C) groups is 1. The van der Waals surface area contributed by atoms with Crippen molar-refractivity contribution in [2.75, 3.05) is 34.4 Å². The summed E-state index contributed by atoms with van der Waals surface area (Å²) in [6, 6.07) is 6.15. The summed E-state index contributed by atoms with van der Waals surface area (Å²) in [7, 11) is 5.29. The average molecular weight is 531 g/mol. The Hall–Kier alpha value is -1.22. The summed E-state index contributed by atoms with van der Waals surface area (Å²) in [5, 5.41) is 6.95. The Labute approximate surface area is 198 Å². The zero-order chi connectivity index (χ0) is 20.5. The van der Waals surface area contributed by atoms with Crippen LogP contribution >= 0.6 is 24.0 Å². The van der Waals surface area contributed by atoms with E-state index in [1.165, 1.54) is 32.1 Å². The lowest BCUT2D eigenvalue weighted by Gasteiger charge is -2.42. The van der Waals surface area contributed by atoms with E-state index >= 15 is 0 Å². The van der Waals surface area contributed by atoms with E-state index in [-0.39, 0.29) is 24.0 Å². The van der Waals surface area contributed by atoms with Gasteiger partial charge in [-0.1, -0.05) is 12.5 Å². The minimum absolute atomic E-state index is 0. The van der Waals surface area contributed by atoms with Gasteiger partial charge < -0.3 is 24.8 Å². The standard InChI is InChI=1S/C23H37N3O3.HI/c1-24-22(26-17-23(11-6-12-23)13-14-27-2)25-16-18-9-10-20(28-3)21(15-18)29-19-7-4-5-8-19;/h9-10,15,19H,4-8,11-14,16-17H2,1-3H3,(H2,24,25,26);1H. The Balaban J connectivity index is 0.00000320. The third kappa shape index (κ3) is 6.90. The molecule has 0 spiro atoms. The molecule has 2 aliphatic carbocycles. The van der Waals surface area contributed by atoms with Crippen LogP contribution in [0.2, 0.25) is 0 Å². The number of halogens is 1. The largest absolute Gasteiger partial charge is 0.493 e. The molecule has 0 bridgehead atoms. The predicted molar refractivity (Wildman–Crippen MR) is 132 cm³/mol. The van der Waals surface area contributed by atoms with Crippen molar-refractivity contribution < 1.29 is 14.2 Å². The molecule has 0 saturated heterocycles. The van der Waals surface area contributed by atoms with Gasteiger partial charge in [0.25, 0.3) is 0 Å². The van der Waals surface area contributed by atoms with E-state index in [1.54, 1.807) is 14.2 Å². The molecule has 0 aromatic heterocycles. The van der Waals surface area contributed by atoms with E-state index in [1.807, 2.05) is 13.1 Å². The number of nitrogens with one attached hydrogen (secondary N) is 2. The number of ether oxygens (including phenoxy) is 3. The lowest BCUT2D eigenvalue weighted by molar-refractivity contribution is 0.0732. The second-order valence-electron chi connectivity index (χ2n) is 8.39. The molecule has 0 atom stereocenters. The zero-order valence-electron chi connectivity index (χ0n) is 18.7. The summed E-state index contributed by atoms with van der Waals surface area (Å²) >= 11 is 0. The van der Waals surface area contributed by atoms with Crippen molar-refractivity contribution in [1.82, 2.24) is 10.6 Å². The molecule has 1 aromatic carbocycles. The molecular formula is C23H38IN3O3. The molecule has 0 unspecified atom stereocenters. The van der Waals surface area contributed by atoms with E-state index in [9.17, 15) is 0 Å². The molecule has 2 aliphatic rings. The molecule has 170 valence electrons.